The molecule has 3 rings (SSSR count). The molecule has 6 heteroatoms. The van der Waals surface area contributed by atoms with E-state index in [1.54, 1.807) is 17.0 Å². The number of aromatic nitrogens is 1. The molecule has 1 N–H and O–H groups in total. The van der Waals surface area contributed by atoms with Gasteiger partial charge in [-0.2, -0.15) is 0 Å². The lowest BCUT2D eigenvalue weighted by molar-refractivity contribution is -0.127. The predicted octanol–water partition coefficient (Wildman–Crippen LogP) is 3.17. The van der Waals surface area contributed by atoms with Crippen LogP contribution in [0.25, 0.3) is 0 Å². The molecule has 1 saturated heterocycles. The van der Waals surface area contributed by atoms with Crippen LogP contribution >= 0.6 is 11.6 Å². The van der Waals surface area contributed by atoms with Crippen LogP contribution in [0.1, 0.15) is 6.42 Å². The summed E-state index contributed by atoms with van der Waals surface area (Å²) in [6.45, 7) is 0.792. The fourth-order valence-electron chi connectivity index (χ4n) is 2.32. The number of anilines is 1. The highest BCUT2D eigenvalue weighted by atomic mass is 35.5. The van der Waals surface area contributed by atoms with Gasteiger partial charge in [-0.15, -0.1) is 0 Å². The van der Waals surface area contributed by atoms with Crippen LogP contribution in [0, 0.1) is 0 Å². The van der Waals surface area contributed by atoms with Crippen LogP contribution in [0.5, 0.6) is 11.6 Å². The molecule has 1 aliphatic rings. The number of hydrogen-bond acceptors (Lipinski definition) is 4. The fraction of sp³-hybridized carbons (Fsp3) is 0.250. The van der Waals surface area contributed by atoms with Crippen LogP contribution in [-0.4, -0.2) is 35.4 Å². The average Bonchev–Trinajstić information content (AvgIpc) is 2.84. The highest BCUT2D eigenvalue weighted by Crippen LogP contribution is 2.23. The number of amides is 1. The van der Waals surface area contributed by atoms with Crippen LogP contribution in [-0.2, 0) is 4.79 Å². The molecule has 0 bridgehead atoms. The third-order valence-corrected chi connectivity index (χ3v) is 3.77. The number of likely N-dealkylation sites (N-methyl/N-ethyl adjacent to an activating group) is 1. The van der Waals surface area contributed by atoms with Gasteiger partial charge in [0.1, 0.15) is 11.8 Å². The fourth-order valence-corrected chi connectivity index (χ4v) is 2.43. The van der Waals surface area contributed by atoms with Crippen LogP contribution in [0.2, 0.25) is 5.02 Å². The molecule has 1 atom stereocenters. The van der Waals surface area contributed by atoms with Crippen LogP contribution in [0.3, 0.4) is 0 Å². The summed E-state index contributed by atoms with van der Waals surface area (Å²) in [5.41, 5.74) is 0.894. The first-order valence-electron chi connectivity index (χ1n) is 7.03. The van der Waals surface area contributed by atoms with Gasteiger partial charge in [-0.05, 0) is 36.8 Å². The van der Waals surface area contributed by atoms with E-state index in [4.69, 9.17) is 16.3 Å². The minimum atomic E-state index is -0.144. The molecular weight excluding hydrogens is 302 g/mol. The maximum atomic E-state index is 11.9. The van der Waals surface area contributed by atoms with Crippen molar-refractivity contribution in [2.75, 3.05) is 18.9 Å². The Hall–Kier alpha value is -2.27. The molecular formula is C16H16ClN3O2. The molecule has 114 valence electrons. The number of nitrogens with one attached hydrogen (secondary N) is 1. The second-order valence-corrected chi connectivity index (χ2v) is 5.62. The summed E-state index contributed by atoms with van der Waals surface area (Å²) in [6.07, 6.45) is 2.36. The van der Waals surface area contributed by atoms with Gasteiger partial charge in [0.25, 0.3) is 0 Å². The Labute approximate surface area is 133 Å². The highest BCUT2D eigenvalue weighted by Gasteiger charge is 2.28. The SMILES string of the molecule is CN1CCC(Nc2ccc(Oc3ccc(Cl)cn3)cc2)C1=O. The standard InChI is InChI=1S/C16H16ClN3O2/c1-20-9-8-14(16(20)21)19-12-3-5-13(6-4-12)22-15-7-2-11(17)10-18-15/h2-7,10,14,19H,8-9H2,1H3. The summed E-state index contributed by atoms with van der Waals surface area (Å²) < 4.78 is 5.62. The third kappa shape index (κ3) is 3.31. The second-order valence-electron chi connectivity index (χ2n) is 5.19. The van der Waals surface area contributed by atoms with Gasteiger partial charge in [-0.25, -0.2) is 4.98 Å². The van der Waals surface area contributed by atoms with E-state index in [2.05, 4.69) is 10.3 Å². The molecule has 0 saturated carbocycles. The normalized spacial score (nSPS) is 17.6. The first kappa shape index (κ1) is 14.7. The van der Waals surface area contributed by atoms with Gasteiger partial charge in [-0.1, -0.05) is 11.6 Å². The number of pyridine rings is 1. The second kappa shape index (κ2) is 6.23. The van der Waals surface area contributed by atoms with Gasteiger partial charge in [0.2, 0.25) is 11.8 Å². The zero-order chi connectivity index (χ0) is 15.5. The Balaban J connectivity index is 1.63. The molecule has 0 radical (unpaired) electrons. The van der Waals surface area contributed by atoms with Crippen molar-refractivity contribution in [2.45, 2.75) is 12.5 Å². The summed E-state index contributed by atoms with van der Waals surface area (Å²) in [5.74, 6) is 1.29. The third-order valence-electron chi connectivity index (χ3n) is 3.55. The summed E-state index contributed by atoms with van der Waals surface area (Å²) >= 11 is 5.78. The highest BCUT2D eigenvalue weighted by molar-refractivity contribution is 6.30. The van der Waals surface area contributed by atoms with Crippen LogP contribution in [0.4, 0.5) is 5.69 Å². The van der Waals surface area contributed by atoms with Crippen molar-refractivity contribution in [1.29, 1.82) is 0 Å². The predicted molar refractivity (Wildman–Crippen MR) is 85.4 cm³/mol. The van der Waals surface area contributed by atoms with Crippen LogP contribution in [0.15, 0.2) is 42.6 Å². The number of carbonyl (C=O) groups excluding carboxylic acids is 1. The zero-order valence-corrected chi connectivity index (χ0v) is 12.9. The first-order valence-corrected chi connectivity index (χ1v) is 7.40. The monoisotopic (exact) mass is 317 g/mol. The summed E-state index contributed by atoms with van der Waals surface area (Å²) in [4.78, 5) is 17.7. The first-order chi connectivity index (χ1) is 10.6. The maximum Gasteiger partial charge on any atom is 0.244 e. The van der Waals surface area contributed by atoms with Gasteiger partial charge < -0.3 is 15.0 Å². The topological polar surface area (TPSA) is 54.5 Å². The molecule has 2 heterocycles. The number of halogens is 1. The number of ether oxygens (including phenoxy) is 1. The minimum Gasteiger partial charge on any atom is -0.439 e. The Kier molecular flexibility index (Phi) is 4.15. The molecule has 1 fully saturated rings. The number of nitrogens with zero attached hydrogens (tertiary/aromatic N) is 2. The van der Waals surface area contributed by atoms with Crippen molar-refractivity contribution in [3.8, 4) is 11.6 Å². The quantitative estimate of drug-likeness (QED) is 0.941. The Morgan fingerprint density at radius 2 is 2.05 bits per heavy atom. The number of likely N-dealkylation sites (tertiary alicyclic amines) is 1. The van der Waals surface area contributed by atoms with E-state index in [0.29, 0.717) is 16.7 Å². The number of carbonyl (C=O) groups is 1. The lowest BCUT2D eigenvalue weighted by Crippen LogP contribution is -2.30. The van der Waals surface area contributed by atoms with Crippen molar-refractivity contribution >= 4 is 23.2 Å². The minimum absolute atomic E-state index is 0.130. The smallest absolute Gasteiger partial charge is 0.244 e. The van der Waals surface area contributed by atoms with Gasteiger partial charge in [0, 0.05) is 31.5 Å². The summed E-state index contributed by atoms with van der Waals surface area (Å²) in [7, 11) is 1.82. The molecule has 1 unspecified atom stereocenters. The number of hydrogen-bond donors (Lipinski definition) is 1. The Bertz CT molecular complexity index is 658. The van der Waals surface area contributed by atoms with Crippen molar-refractivity contribution in [2.24, 2.45) is 0 Å². The Morgan fingerprint density at radius 1 is 1.27 bits per heavy atom. The molecule has 0 aliphatic carbocycles. The van der Waals surface area contributed by atoms with E-state index in [1.165, 1.54) is 6.20 Å². The molecule has 1 amide bonds. The molecule has 1 aromatic carbocycles. The van der Waals surface area contributed by atoms with Gasteiger partial charge in [0.05, 0.1) is 5.02 Å². The zero-order valence-electron chi connectivity index (χ0n) is 12.1. The number of benzene rings is 1. The Morgan fingerprint density at radius 3 is 2.64 bits per heavy atom. The summed E-state index contributed by atoms with van der Waals surface area (Å²) in [5, 5.41) is 3.81. The molecule has 1 aliphatic heterocycles. The van der Waals surface area contributed by atoms with Gasteiger partial charge in [-0.3, -0.25) is 4.79 Å². The number of rotatable bonds is 4. The van der Waals surface area contributed by atoms with Gasteiger partial charge in [0.15, 0.2) is 0 Å². The lowest BCUT2D eigenvalue weighted by Gasteiger charge is -2.13. The van der Waals surface area contributed by atoms with E-state index in [9.17, 15) is 4.79 Å². The molecule has 22 heavy (non-hydrogen) atoms. The van der Waals surface area contributed by atoms with Crippen molar-refractivity contribution in [3.63, 3.8) is 0 Å². The van der Waals surface area contributed by atoms with Gasteiger partial charge >= 0.3 is 0 Å². The van der Waals surface area contributed by atoms with Crippen molar-refractivity contribution in [1.82, 2.24) is 9.88 Å². The largest absolute Gasteiger partial charge is 0.439 e. The summed E-state index contributed by atoms with van der Waals surface area (Å²) in [6, 6.07) is 10.7. The molecule has 5 nitrogen and oxygen atoms in total. The van der Waals surface area contributed by atoms with E-state index in [1.807, 2.05) is 31.3 Å². The molecule has 1 aromatic heterocycles. The van der Waals surface area contributed by atoms with E-state index < -0.39 is 0 Å². The van der Waals surface area contributed by atoms with E-state index in [-0.39, 0.29) is 11.9 Å². The molecule has 0 spiro atoms. The van der Waals surface area contributed by atoms with Crippen molar-refractivity contribution < 1.29 is 9.53 Å². The van der Waals surface area contributed by atoms with Crippen molar-refractivity contribution in [3.05, 3.63) is 47.6 Å². The lowest BCUT2D eigenvalue weighted by atomic mass is 10.2. The van der Waals surface area contributed by atoms with E-state index in [0.717, 1.165) is 18.7 Å². The molecule has 2 aromatic rings. The van der Waals surface area contributed by atoms with E-state index >= 15 is 0 Å². The average molecular weight is 318 g/mol. The van der Waals surface area contributed by atoms with Crippen LogP contribution < -0.4 is 10.1 Å². The maximum absolute atomic E-state index is 11.9.